The van der Waals surface area contributed by atoms with Crippen molar-refractivity contribution in [2.45, 2.75) is 32.3 Å². The molecular weight excluding hydrogens is 267 g/mol. The van der Waals surface area contributed by atoms with Crippen molar-refractivity contribution < 1.29 is 14.2 Å². The van der Waals surface area contributed by atoms with Crippen LogP contribution in [-0.4, -0.2) is 12.2 Å². The Hall–Kier alpha value is -1.87. The summed E-state index contributed by atoms with van der Waals surface area (Å²) in [6.45, 7) is 6.22. The monoisotopic (exact) mass is 288 g/mol. The van der Waals surface area contributed by atoms with Gasteiger partial charge in [0.1, 0.15) is 17.7 Å². The van der Waals surface area contributed by atoms with Gasteiger partial charge in [0, 0.05) is 11.6 Å². The average Bonchev–Trinajstić information content (AvgIpc) is 2.45. The van der Waals surface area contributed by atoms with Crippen LogP contribution in [0.2, 0.25) is 0 Å². The molecule has 3 heteroatoms. The van der Waals surface area contributed by atoms with Crippen LogP contribution in [0.25, 0.3) is 0 Å². The molecule has 0 saturated heterocycles. The van der Waals surface area contributed by atoms with Crippen LogP contribution < -0.4 is 4.74 Å². The molecule has 0 bridgehead atoms. The minimum atomic E-state index is -0.994. The topological polar surface area (TPSA) is 29.5 Å². The lowest BCUT2D eigenvalue weighted by atomic mass is 9.81. The number of methoxy groups -OCH3 is 1. The SMILES string of the molecule is COc1ccc(C(O)c2ccccc2C(C)(C)C)c(F)c1. The fourth-order valence-corrected chi connectivity index (χ4v) is 2.44. The van der Waals surface area contributed by atoms with Gasteiger partial charge in [-0.05, 0) is 28.7 Å². The van der Waals surface area contributed by atoms with Gasteiger partial charge < -0.3 is 9.84 Å². The summed E-state index contributed by atoms with van der Waals surface area (Å²) in [5.41, 5.74) is 1.87. The molecule has 0 aliphatic heterocycles. The van der Waals surface area contributed by atoms with E-state index in [0.29, 0.717) is 5.75 Å². The number of ether oxygens (including phenoxy) is 1. The Morgan fingerprint density at radius 1 is 1.05 bits per heavy atom. The first-order valence-corrected chi connectivity index (χ1v) is 6.95. The molecule has 0 aliphatic carbocycles. The summed E-state index contributed by atoms with van der Waals surface area (Å²) < 4.78 is 19.2. The Labute approximate surface area is 125 Å². The van der Waals surface area contributed by atoms with Crippen molar-refractivity contribution in [2.24, 2.45) is 0 Å². The lowest BCUT2D eigenvalue weighted by molar-refractivity contribution is 0.212. The number of aliphatic hydroxyl groups excluding tert-OH is 1. The number of hydrogen-bond donors (Lipinski definition) is 1. The van der Waals surface area contributed by atoms with Crippen LogP contribution in [0.3, 0.4) is 0 Å². The van der Waals surface area contributed by atoms with Gasteiger partial charge in [0.25, 0.3) is 0 Å². The molecule has 1 N–H and O–H groups in total. The minimum Gasteiger partial charge on any atom is -0.497 e. The molecular formula is C18H21FO2. The third kappa shape index (κ3) is 3.24. The molecule has 2 aromatic rings. The highest BCUT2D eigenvalue weighted by molar-refractivity contribution is 5.41. The summed E-state index contributed by atoms with van der Waals surface area (Å²) in [6, 6.07) is 12.1. The van der Waals surface area contributed by atoms with Gasteiger partial charge in [-0.25, -0.2) is 4.39 Å². The second-order valence-electron chi connectivity index (χ2n) is 6.13. The van der Waals surface area contributed by atoms with E-state index in [4.69, 9.17) is 4.74 Å². The van der Waals surface area contributed by atoms with E-state index >= 15 is 0 Å². The van der Waals surface area contributed by atoms with Crippen LogP contribution in [0.15, 0.2) is 42.5 Å². The third-order valence-electron chi connectivity index (χ3n) is 3.57. The van der Waals surface area contributed by atoms with Gasteiger partial charge in [-0.15, -0.1) is 0 Å². The van der Waals surface area contributed by atoms with Crippen molar-refractivity contribution >= 4 is 0 Å². The highest BCUT2D eigenvalue weighted by Gasteiger charge is 2.24. The maximum atomic E-state index is 14.2. The Bertz CT molecular complexity index is 629. The second kappa shape index (κ2) is 5.86. The maximum absolute atomic E-state index is 14.2. The Kier molecular flexibility index (Phi) is 4.33. The summed E-state index contributed by atoms with van der Waals surface area (Å²) >= 11 is 0. The van der Waals surface area contributed by atoms with Crippen LogP contribution in [0, 0.1) is 5.82 Å². The van der Waals surface area contributed by atoms with E-state index in [1.165, 1.54) is 13.2 Å². The maximum Gasteiger partial charge on any atom is 0.133 e. The van der Waals surface area contributed by atoms with E-state index in [0.717, 1.165) is 11.1 Å². The zero-order valence-electron chi connectivity index (χ0n) is 12.9. The highest BCUT2D eigenvalue weighted by atomic mass is 19.1. The molecule has 2 rings (SSSR count). The fraction of sp³-hybridized carbons (Fsp3) is 0.333. The van der Waals surface area contributed by atoms with E-state index in [-0.39, 0.29) is 11.0 Å². The van der Waals surface area contributed by atoms with E-state index in [2.05, 4.69) is 20.8 Å². The van der Waals surface area contributed by atoms with E-state index in [1.54, 1.807) is 12.1 Å². The molecule has 0 aromatic heterocycles. The molecule has 1 unspecified atom stereocenters. The Morgan fingerprint density at radius 3 is 2.29 bits per heavy atom. The Morgan fingerprint density at radius 2 is 1.71 bits per heavy atom. The largest absolute Gasteiger partial charge is 0.497 e. The smallest absolute Gasteiger partial charge is 0.133 e. The van der Waals surface area contributed by atoms with Gasteiger partial charge in [-0.3, -0.25) is 0 Å². The molecule has 0 radical (unpaired) electrons. The molecule has 2 aromatic carbocycles. The predicted molar refractivity (Wildman–Crippen MR) is 82.2 cm³/mol. The van der Waals surface area contributed by atoms with E-state index in [9.17, 15) is 9.50 Å². The van der Waals surface area contributed by atoms with Crippen molar-refractivity contribution in [3.63, 3.8) is 0 Å². The standard InChI is InChI=1S/C18H21FO2/c1-18(2,3)15-8-6-5-7-13(15)17(20)14-10-9-12(21-4)11-16(14)19/h5-11,17,20H,1-4H3. The fourth-order valence-electron chi connectivity index (χ4n) is 2.44. The quantitative estimate of drug-likeness (QED) is 0.916. The number of aliphatic hydroxyl groups is 1. The molecule has 0 fully saturated rings. The number of hydrogen-bond acceptors (Lipinski definition) is 2. The van der Waals surface area contributed by atoms with Crippen molar-refractivity contribution in [1.82, 2.24) is 0 Å². The van der Waals surface area contributed by atoms with Crippen molar-refractivity contribution in [3.05, 3.63) is 65.0 Å². The average molecular weight is 288 g/mol. The van der Waals surface area contributed by atoms with Crippen molar-refractivity contribution in [1.29, 1.82) is 0 Å². The second-order valence-corrected chi connectivity index (χ2v) is 6.13. The molecule has 21 heavy (non-hydrogen) atoms. The first kappa shape index (κ1) is 15.5. The molecule has 0 saturated carbocycles. The zero-order valence-corrected chi connectivity index (χ0v) is 12.9. The molecule has 112 valence electrons. The number of benzene rings is 2. The predicted octanol–water partition coefficient (Wildman–Crippen LogP) is 4.21. The van der Waals surface area contributed by atoms with Crippen LogP contribution in [0.1, 0.15) is 43.6 Å². The van der Waals surface area contributed by atoms with Gasteiger partial charge in [-0.1, -0.05) is 45.0 Å². The van der Waals surface area contributed by atoms with Crippen LogP contribution >= 0.6 is 0 Å². The van der Waals surface area contributed by atoms with Gasteiger partial charge in [0.15, 0.2) is 0 Å². The lowest BCUT2D eigenvalue weighted by Gasteiger charge is -2.25. The summed E-state index contributed by atoms with van der Waals surface area (Å²) in [6.07, 6.45) is -0.994. The van der Waals surface area contributed by atoms with Crippen LogP contribution in [0.5, 0.6) is 5.75 Å². The van der Waals surface area contributed by atoms with E-state index in [1.807, 2.05) is 24.3 Å². The van der Waals surface area contributed by atoms with Gasteiger partial charge >= 0.3 is 0 Å². The van der Waals surface area contributed by atoms with Crippen LogP contribution in [0.4, 0.5) is 4.39 Å². The number of rotatable bonds is 3. The summed E-state index contributed by atoms with van der Waals surface area (Å²) in [7, 11) is 1.49. The number of halogens is 1. The first-order chi connectivity index (χ1) is 9.84. The summed E-state index contributed by atoms with van der Waals surface area (Å²) in [5, 5.41) is 10.6. The lowest BCUT2D eigenvalue weighted by Crippen LogP contribution is -2.17. The molecule has 2 nitrogen and oxygen atoms in total. The van der Waals surface area contributed by atoms with Crippen LogP contribution in [-0.2, 0) is 5.41 Å². The molecule has 0 spiro atoms. The first-order valence-electron chi connectivity index (χ1n) is 6.95. The molecule has 0 amide bonds. The summed E-state index contributed by atoms with van der Waals surface area (Å²) in [5.74, 6) is -0.0295. The van der Waals surface area contributed by atoms with Gasteiger partial charge in [0.05, 0.1) is 7.11 Å². The summed E-state index contributed by atoms with van der Waals surface area (Å²) in [4.78, 5) is 0. The molecule has 0 aliphatic rings. The third-order valence-corrected chi connectivity index (χ3v) is 3.57. The highest BCUT2D eigenvalue weighted by Crippen LogP contribution is 2.34. The Balaban J connectivity index is 2.48. The van der Waals surface area contributed by atoms with Crippen molar-refractivity contribution in [3.8, 4) is 5.75 Å². The van der Waals surface area contributed by atoms with E-state index < -0.39 is 11.9 Å². The minimum absolute atomic E-state index is 0.124. The van der Waals surface area contributed by atoms with Crippen molar-refractivity contribution in [2.75, 3.05) is 7.11 Å². The van der Waals surface area contributed by atoms with Gasteiger partial charge in [-0.2, -0.15) is 0 Å². The van der Waals surface area contributed by atoms with Gasteiger partial charge in [0.2, 0.25) is 0 Å². The zero-order chi connectivity index (χ0) is 15.6. The molecule has 0 heterocycles. The normalized spacial score (nSPS) is 13.0. The molecule has 1 atom stereocenters.